The summed E-state index contributed by atoms with van der Waals surface area (Å²) in [4.78, 5) is 13.2. The maximum atomic E-state index is 12.1. The molecule has 0 aliphatic heterocycles. The molecule has 0 fully saturated rings. The van der Waals surface area contributed by atoms with Crippen molar-refractivity contribution in [2.75, 3.05) is 13.2 Å². The topological polar surface area (TPSA) is 140 Å². The van der Waals surface area contributed by atoms with Crippen LogP contribution in [0.25, 0.3) is 0 Å². The average Bonchev–Trinajstić information content (AvgIpc) is 2.62. The third-order valence-electron chi connectivity index (χ3n) is 2.61. The number of rotatable bonds is 6. The van der Waals surface area contributed by atoms with Crippen LogP contribution in [0.3, 0.4) is 0 Å². The van der Waals surface area contributed by atoms with Crippen LogP contribution in [0.2, 0.25) is 0 Å². The molecular weight excluding hydrogens is 276 g/mol. The molecule has 8 nitrogen and oxygen atoms in total. The van der Waals surface area contributed by atoms with E-state index in [9.17, 15) is 13.2 Å². The lowest BCUT2D eigenvalue weighted by molar-refractivity contribution is 0.0690. The van der Waals surface area contributed by atoms with Crippen molar-refractivity contribution in [2.24, 2.45) is 0 Å². The molecule has 0 unspecified atom stereocenters. The number of aromatic nitrogens is 1. The number of carboxylic acids is 1. The molecule has 0 atom stereocenters. The van der Waals surface area contributed by atoms with Crippen molar-refractivity contribution in [3.05, 3.63) is 17.0 Å². The fraction of sp³-hybridized carbons (Fsp3) is 0.500. The van der Waals surface area contributed by atoms with E-state index in [0.29, 0.717) is 0 Å². The molecule has 0 aliphatic rings. The summed E-state index contributed by atoms with van der Waals surface area (Å²) in [6.45, 7) is 1.67. The normalized spacial score (nSPS) is 12.1. The summed E-state index contributed by atoms with van der Waals surface area (Å²) in [6, 6.07) is -1.04. The van der Waals surface area contributed by atoms with Crippen LogP contribution in [-0.2, 0) is 10.0 Å². The number of aliphatic hydroxyl groups is 2. The van der Waals surface area contributed by atoms with Crippen LogP contribution < -0.4 is 4.72 Å². The average molecular weight is 292 g/mol. The summed E-state index contributed by atoms with van der Waals surface area (Å²) in [5.41, 5.74) is 0.0478. The summed E-state index contributed by atoms with van der Waals surface area (Å²) in [7, 11) is -4.02. The summed E-state index contributed by atoms with van der Waals surface area (Å²) < 4.78 is 26.3. The predicted octanol–water partition coefficient (Wildman–Crippen LogP) is -1.04. The van der Waals surface area contributed by atoms with E-state index in [4.69, 9.17) is 15.3 Å². The third kappa shape index (κ3) is 3.13. The highest BCUT2D eigenvalue weighted by molar-refractivity contribution is 7.89. The molecular formula is C10H16N2O6S. The number of nitrogens with one attached hydrogen (secondary N) is 2. The SMILES string of the molecule is Cc1[nH]c(C(=O)O)c(C)c1S(=O)(=O)NC(CO)CO. The highest BCUT2D eigenvalue weighted by Gasteiger charge is 2.28. The fourth-order valence-corrected chi connectivity index (χ4v) is 3.43. The summed E-state index contributed by atoms with van der Waals surface area (Å²) >= 11 is 0. The molecule has 0 saturated carbocycles. The van der Waals surface area contributed by atoms with E-state index in [1.807, 2.05) is 0 Å². The predicted molar refractivity (Wildman–Crippen MR) is 65.5 cm³/mol. The van der Waals surface area contributed by atoms with E-state index in [-0.39, 0.29) is 21.8 Å². The summed E-state index contributed by atoms with van der Waals surface area (Å²) in [6.07, 6.45) is 0. The molecule has 0 spiro atoms. The van der Waals surface area contributed by atoms with Gasteiger partial charge in [-0.3, -0.25) is 0 Å². The Morgan fingerprint density at radius 2 is 1.84 bits per heavy atom. The molecule has 9 heteroatoms. The zero-order valence-corrected chi connectivity index (χ0v) is 11.3. The monoisotopic (exact) mass is 292 g/mol. The number of hydrogen-bond donors (Lipinski definition) is 5. The minimum atomic E-state index is -4.02. The van der Waals surface area contributed by atoms with E-state index in [2.05, 4.69) is 9.71 Å². The highest BCUT2D eigenvalue weighted by Crippen LogP contribution is 2.23. The largest absolute Gasteiger partial charge is 0.477 e. The Balaban J connectivity index is 3.26. The van der Waals surface area contributed by atoms with Crippen molar-refractivity contribution in [3.63, 3.8) is 0 Å². The van der Waals surface area contributed by atoms with Crippen molar-refractivity contribution in [3.8, 4) is 0 Å². The molecule has 0 bridgehead atoms. The van der Waals surface area contributed by atoms with E-state index in [1.165, 1.54) is 13.8 Å². The van der Waals surface area contributed by atoms with E-state index in [0.717, 1.165) is 0 Å². The molecule has 1 rings (SSSR count). The van der Waals surface area contributed by atoms with Gasteiger partial charge in [0.2, 0.25) is 10.0 Å². The van der Waals surface area contributed by atoms with Gasteiger partial charge in [-0.05, 0) is 13.8 Å². The Hall–Kier alpha value is -1.42. The number of aliphatic hydroxyl groups excluding tert-OH is 2. The third-order valence-corrected chi connectivity index (χ3v) is 4.41. The Morgan fingerprint density at radius 1 is 1.32 bits per heavy atom. The van der Waals surface area contributed by atoms with Crippen LogP contribution in [0.1, 0.15) is 21.7 Å². The number of aryl methyl sites for hydroxylation is 1. The van der Waals surface area contributed by atoms with Gasteiger partial charge >= 0.3 is 5.97 Å². The quantitative estimate of drug-likeness (QED) is 0.454. The Bertz CT molecular complexity index is 573. The minimum Gasteiger partial charge on any atom is -0.477 e. The van der Waals surface area contributed by atoms with Gasteiger partial charge in [0.15, 0.2) is 0 Å². The van der Waals surface area contributed by atoms with Crippen LogP contribution in [0.4, 0.5) is 0 Å². The maximum absolute atomic E-state index is 12.1. The molecule has 0 aromatic carbocycles. The van der Waals surface area contributed by atoms with Crippen LogP contribution in [-0.4, -0.2) is 53.9 Å². The van der Waals surface area contributed by atoms with Crippen LogP contribution in [0.15, 0.2) is 4.90 Å². The zero-order valence-electron chi connectivity index (χ0n) is 10.5. The Kier molecular flexibility index (Phi) is 4.69. The first-order valence-electron chi connectivity index (χ1n) is 5.41. The molecule has 1 heterocycles. The molecule has 1 aromatic heterocycles. The molecule has 108 valence electrons. The number of aromatic carboxylic acids is 1. The first-order chi connectivity index (χ1) is 8.74. The van der Waals surface area contributed by atoms with Gasteiger partial charge in [-0.15, -0.1) is 0 Å². The van der Waals surface area contributed by atoms with Gasteiger partial charge in [0.1, 0.15) is 10.6 Å². The molecule has 0 amide bonds. The standard InChI is InChI=1S/C10H16N2O6S/c1-5-8(10(15)16)11-6(2)9(5)19(17,18)12-7(3-13)4-14/h7,11-14H,3-4H2,1-2H3,(H,15,16). The number of carboxylic acid groups (broad SMARTS) is 1. The minimum absolute atomic E-state index is 0.0760. The van der Waals surface area contributed by atoms with Gasteiger partial charge in [-0.1, -0.05) is 0 Å². The second kappa shape index (κ2) is 5.70. The number of carbonyl (C=O) groups is 1. The second-order valence-corrected chi connectivity index (χ2v) is 5.72. The number of hydrogen-bond acceptors (Lipinski definition) is 5. The molecule has 0 aliphatic carbocycles. The number of aromatic amines is 1. The van der Waals surface area contributed by atoms with E-state index >= 15 is 0 Å². The fourth-order valence-electron chi connectivity index (χ4n) is 1.76. The maximum Gasteiger partial charge on any atom is 0.352 e. The zero-order chi connectivity index (χ0) is 14.8. The van der Waals surface area contributed by atoms with Gasteiger partial charge < -0.3 is 20.3 Å². The van der Waals surface area contributed by atoms with Crippen LogP contribution in [0, 0.1) is 13.8 Å². The Labute approximate surface area is 110 Å². The summed E-state index contributed by atoms with van der Waals surface area (Å²) in [5, 5.41) is 26.7. The lowest BCUT2D eigenvalue weighted by Gasteiger charge is -2.14. The van der Waals surface area contributed by atoms with E-state index < -0.39 is 35.2 Å². The number of sulfonamides is 1. The van der Waals surface area contributed by atoms with Gasteiger partial charge in [0.05, 0.1) is 19.3 Å². The first kappa shape index (κ1) is 15.6. The van der Waals surface area contributed by atoms with Crippen molar-refractivity contribution >= 4 is 16.0 Å². The van der Waals surface area contributed by atoms with Crippen molar-refractivity contribution < 1.29 is 28.5 Å². The molecule has 0 radical (unpaired) electrons. The second-order valence-electron chi connectivity index (χ2n) is 4.07. The smallest absolute Gasteiger partial charge is 0.352 e. The van der Waals surface area contributed by atoms with Crippen molar-refractivity contribution in [2.45, 2.75) is 24.8 Å². The number of H-pyrrole nitrogens is 1. The molecule has 5 N–H and O–H groups in total. The van der Waals surface area contributed by atoms with Gasteiger partial charge in [0, 0.05) is 11.3 Å². The Morgan fingerprint density at radius 3 is 2.21 bits per heavy atom. The van der Waals surface area contributed by atoms with Crippen molar-refractivity contribution in [1.82, 2.24) is 9.71 Å². The molecule has 0 saturated heterocycles. The van der Waals surface area contributed by atoms with E-state index in [1.54, 1.807) is 0 Å². The van der Waals surface area contributed by atoms with Crippen LogP contribution >= 0.6 is 0 Å². The highest BCUT2D eigenvalue weighted by atomic mass is 32.2. The van der Waals surface area contributed by atoms with Crippen molar-refractivity contribution in [1.29, 1.82) is 0 Å². The van der Waals surface area contributed by atoms with Gasteiger partial charge in [-0.2, -0.15) is 0 Å². The summed E-state index contributed by atoms with van der Waals surface area (Å²) in [5.74, 6) is -1.26. The van der Waals surface area contributed by atoms with Gasteiger partial charge in [-0.25, -0.2) is 17.9 Å². The van der Waals surface area contributed by atoms with Gasteiger partial charge in [0.25, 0.3) is 0 Å². The molecule has 1 aromatic rings. The first-order valence-corrected chi connectivity index (χ1v) is 6.89. The van der Waals surface area contributed by atoms with Crippen LogP contribution in [0.5, 0.6) is 0 Å². The lowest BCUT2D eigenvalue weighted by Crippen LogP contribution is -2.40. The molecule has 19 heavy (non-hydrogen) atoms. The lowest BCUT2D eigenvalue weighted by atomic mass is 10.2.